The summed E-state index contributed by atoms with van der Waals surface area (Å²) in [6.45, 7) is 1.94. The van der Waals surface area contributed by atoms with E-state index in [-0.39, 0.29) is 24.6 Å². The summed E-state index contributed by atoms with van der Waals surface area (Å²) in [6, 6.07) is -0.525. The Labute approximate surface area is 68.8 Å². The highest BCUT2D eigenvalue weighted by atomic mass is 16.5. The Bertz CT molecular complexity index is 295. The Morgan fingerprint density at radius 2 is 2.25 bits per heavy atom. The first-order valence-corrected chi connectivity index (χ1v) is 3.66. The first-order valence-electron chi connectivity index (χ1n) is 3.66. The van der Waals surface area contributed by atoms with Crippen molar-refractivity contribution in [3.63, 3.8) is 0 Å². The minimum absolute atomic E-state index is 0.186. The molecule has 0 bridgehead atoms. The van der Waals surface area contributed by atoms with E-state index in [0.29, 0.717) is 11.3 Å². The molecule has 0 spiro atoms. The number of amides is 2. The van der Waals surface area contributed by atoms with Gasteiger partial charge < -0.3 is 15.4 Å². The molecule has 64 valence electrons. The molecule has 2 N–H and O–H groups in total. The Kier molecular flexibility index (Phi) is 1.33. The maximum absolute atomic E-state index is 11.1. The second-order valence-electron chi connectivity index (χ2n) is 2.79. The van der Waals surface area contributed by atoms with E-state index in [0.717, 1.165) is 0 Å². The van der Waals surface area contributed by atoms with E-state index in [1.54, 1.807) is 6.92 Å². The third kappa shape index (κ3) is 0.861. The van der Waals surface area contributed by atoms with Gasteiger partial charge in [-0.15, -0.1) is 0 Å². The summed E-state index contributed by atoms with van der Waals surface area (Å²) < 4.78 is 4.75. The van der Waals surface area contributed by atoms with Crippen molar-refractivity contribution in [1.29, 1.82) is 0 Å². The van der Waals surface area contributed by atoms with Crippen LogP contribution in [0, 0.1) is 0 Å². The average molecular weight is 168 g/mol. The predicted octanol–water partition coefficient (Wildman–Crippen LogP) is -0.501. The third-order valence-electron chi connectivity index (χ3n) is 1.94. The molecule has 0 aromatic rings. The van der Waals surface area contributed by atoms with E-state index >= 15 is 0 Å². The van der Waals surface area contributed by atoms with Crippen molar-refractivity contribution in [2.75, 3.05) is 6.61 Å². The molecule has 0 radical (unpaired) electrons. The van der Waals surface area contributed by atoms with Crippen molar-refractivity contribution in [3.05, 3.63) is 11.3 Å². The lowest BCUT2D eigenvalue weighted by Crippen LogP contribution is -2.47. The number of nitrogens with one attached hydrogen (secondary N) is 2. The lowest BCUT2D eigenvalue weighted by molar-refractivity contribution is -0.136. The Hall–Kier alpha value is -1.52. The van der Waals surface area contributed by atoms with Gasteiger partial charge in [0.15, 0.2) is 0 Å². The van der Waals surface area contributed by atoms with Crippen molar-refractivity contribution in [3.8, 4) is 0 Å². The van der Waals surface area contributed by atoms with Crippen LogP contribution in [0.2, 0.25) is 0 Å². The van der Waals surface area contributed by atoms with Crippen LogP contribution in [0.15, 0.2) is 11.3 Å². The van der Waals surface area contributed by atoms with Crippen LogP contribution in [0.5, 0.6) is 0 Å². The number of rotatable bonds is 0. The van der Waals surface area contributed by atoms with Crippen LogP contribution in [0.1, 0.15) is 6.92 Å². The SMILES string of the molecule is CC1NC(=O)NC2=C1C(=O)OC2. The van der Waals surface area contributed by atoms with Gasteiger partial charge in [-0.05, 0) is 6.92 Å². The molecule has 0 aromatic carbocycles. The van der Waals surface area contributed by atoms with E-state index in [1.807, 2.05) is 0 Å². The number of hydrogen-bond acceptors (Lipinski definition) is 3. The summed E-state index contributed by atoms with van der Waals surface area (Å²) in [5.41, 5.74) is 1.13. The largest absolute Gasteiger partial charge is 0.456 e. The first-order chi connectivity index (χ1) is 5.68. The van der Waals surface area contributed by atoms with Crippen molar-refractivity contribution >= 4 is 12.0 Å². The molecule has 0 aliphatic carbocycles. The standard InChI is InChI=1S/C7H8N2O3/c1-3-5-4(2-12-6(5)10)9-7(11)8-3/h3H,2H2,1H3,(H2,8,9,11). The molecular formula is C7H8N2O3. The number of carbonyl (C=O) groups excluding carboxylic acids is 2. The number of ether oxygens (including phenoxy) is 1. The lowest BCUT2D eigenvalue weighted by atomic mass is 10.1. The predicted molar refractivity (Wildman–Crippen MR) is 39.1 cm³/mol. The molecule has 2 amide bonds. The quantitative estimate of drug-likeness (QED) is 0.479. The monoisotopic (exact) mass is 168 g/mol. The third-order valence-corrected chi connectivity index (χ3v) is 1.94. The highest BCUT2D eigenvalue weighted by molar-refractivity contribution is 5.96. The van der Waals surface area contributed by atoms with Crippen molar-refractivity contribution in [2.45, 2.75) is 13.0 Å². The molecule has 0 saturated heterocycles. The maximum atomic E-state index is 11.1. The minimum Gasteiger partial charge on any atom is -0.456 e. The van der Waals surface area contributed by atoms with Crippen LogP contribution in [0.4, 0.5) is 4.79 Å². The van der Waals surface area contributed by atoms with Crippen molar-refractivity contribution in [2.24, 2.45) is 0 Å². The summed E-state index contributed by atoms with van der Waals surface area (Å²) >= 11 is 0. The van der Waals surface area contributed by atoms with E-state index in [9.17, 15) is 9.59 Å². The Morgan fingerprint density at radius 1 is 1.50 bits per heavy atom. The molecule has 2 rings (SSSR count). The first kappa shape index (κ1) is 7.15. The number of esters is 1. The van der Waals surface area contributed by atoms with Gasteiger partial charge in [0.25, 0.3) is 0 Å². The summed E-state index contributed by atoms with van der Waals surface area (Å²) in [6.07, 6.45) is 0. The smallest absolute Gasteiger partial charge is 0.338 e. The van der Waals surface area contributed by atoms with E-state index in [4.69, 9.17) is 4.74 Å². The summed E-state index contributed by atoms with van der Waals surface area (Å²) in [4.78, 5) is 22.0. The van der Waals surface area contributed by atoms with Crippen molar-refractivity contribution < 1.29 is 14.3 Å². The second kappa shape index (κ2) is 2.23. The van der Waals surface area contributed by atoms with Gasteiger partial charge in [0.05, 0.1) is 17.3 Å². The molecule has 5 nitrogen and oxygen atoms in total. The number of urea groups is 1. The summed E-state index contributed by atoms with van der Waals surface area (Å²) in [7, 11) is 0. The average Bonchev–Trinajstić information content (AvgIpc) is 2.31. The topological polar surface area (TPSA) is 67.4 Å². The highest BCUT2D eigenvalue weighted by Crippen LogP contribution is 2.19. The second-order valence-corrected chi connectivity index (χ2v) is 2.79. The fourth-order valence-electron chi connectivity index (χ4n) is 1.40. The zero-order valence-corrected chi connectivity index (χ0v) is 6.51. The van der Waals surface area contributed by atoms with Gasteiger partial charge in [-0.3, -0.25) is 0 Å². The molecule has 2 heterocycles. The van der Waals surface area contributed by atoms with Crippen LogP contribution >= 0.6 is 0 Å². The van der Waals surface area contributed by atoms with Crippen LogP contribution < -0.4 is 10.6 Å². The van der Waals surface area contributed by atoms with E-state index in [2.05, 4.69) is 10.6 Å². The number of hydrogen-bond donors (Lipinski definition) is 2. The molecule has 0 fully saturated rings. The van der Waals surface area contributed by atoms with Crippen LogP contribution in [0.25, 0.3) is 0 Å². The zero-order valence-electron chi connectivity index (χ0n) is 6.51. The molecule has 5 heteroatoms. The van der Waals surface area contributed by atoms with Crippen LogP contribution in [0.3, 0.4) is 0 Å². The Balaban J connectivity index is 2.37. The molecule has 1 atom stereocenters. The van der Waals surface area contributed by atoms with E-state index < -0.39 is 0 Å². The van der Waals surface area contributed by atoms with Crippen LogP contribution in [-0.4, -0.2) is 24.6 Å². The normalized spacial score (nSPS) is 27.6. The lowest BCUT2D eigenvalue weighted by Gasteiger charge is -2.20. The van der Waals surface area contributed by atoms with Gasteiger partial charge in [0.2, 0.25) is 0 Å². The molecular weight excluding hydrogens is 160 g/mol. The molecule has 0 saturated carbocycles. The zero-order chi connectivity index (χ0) is 8.72. The van der Waals surface area contributed by atoms with Gasteiger partial charge in [-0.1, -0.05) is 0 Å². The molecule has 2 aliphatic rings. The van der Waals surface area contributed by atoms with E-state index in [1.165, 1.54) is 0 Å². The maximum Gasteiger partial charge on any atom is 0.338 e. The summed E-state index contributed by atoms with van der Waals surface area (Å²) in [5.74, 6) is -0.343. The van der Waals surface area contributed by atoms with Gasteiger partial charge in [-0.2, -0.15) is 0 Å². The summed E-state index contributed by atoms with van der Waals surface area (Å²) in [5, 5.41) is 5.10. The van der Waals surface area contributed by atoms with Gasteiger partial charge in [0, 0.05) is 0 Å². The van der Waals surface area contributed by atoms with Gasteiger partial charge in [-0.25, -0.2) is 9.59 Å². The molecule has 2 aliphatic heterocycles. The Morgan fingerprint density at radius 3 is 3.00 bits per heavy atom. The minimum atomic E-state index is -0.343. The van der Waals surface area contributed by atoms with Gasteiger partial charge >= 0.3 is 12.0 Å². The van der Waals surface area contributed by atoms with Crippen molar-refractivity contribution in [1.82, 2.24) is 10.6 Å². The fraction of sp³-hybridized carbons (Fsp3) is 0.429. The molecule has 1 unspecified atom stereocenters. The number of carbonyl (C=O) groups is 2. The number of cyclic esters (lactones) is 1. The van der Waals surface area contributed by atoms with Gasteiger partial charge in [0.1, 0.15) is 6.61 Å². The molecule has 0 aromatic heterocycles. The highest BCUT2D eigenvalue weighted by Gasteiger charge is 2.34. The molecule has 12 heavy (non-hydrogen) atoms. The van der Waals surface area contributed by atoms with Crippen LogP contribution in [-0.2, 0) is 9.53 Å². The fourth-order valence-corrected chi connectivity index (χ4v) is 1.40.